The number of alkyl halides is 1. The van der Waals surface area contributed by atoms with Crippen LogP contribution in [0.5, 0.6) is 0 Å². The first-order chi connectivity index (χ1) is 8.38. The Morgan fingerprint density at radius 1 is 1.29 bits per heavy atom. The van der Waals surface area contributed by atoms with Crippen LogP contribution in [0.15, 0.2) is 30.3 Å². The molecule has 94 valence electrons. The van der Waals surface area contributed by atoms with Gasteiger partial charge in [0.1, 0.15) is 6.79 Å². The van der Waals surface area contributed by atoms with Crippen LogP contribution in [0.4, 0.5) is 0 Å². The zero-order valence-corrected chi connectivity index (χ0v) is 10.6. The van der Waals surface area contributed by atoms with Crippen LogP contribution in [0.25, 0.3) is 0 Å². The fourth-order valence-electron chi connectivity index (χ4n) is 1.96. The smallest absolute Gasteiger partial charge is 0.147 e. The summed E-state index contributed by atoms with van der Waals surface area (Å²) in [7, 11) is 0. The standard InChI is InChI=1S/C13H18ClNO2/c14-6-7-15(9-13-10-16-11-17-13)8-12-4-2-1-3-5-12/h1-5,13H,6-11H2. The highest BCUT2D eigenvalue weighted by Crippen LogP contribution is 2.09. The Kier molecular flexibility index (Phi) is 5.26. The van der Waals surface area contributed by atoms with Crippen LogP contribution in [0, 0.1) is 0 Å². The number of benzene rings is 1. The minimum absolute atomic E-state index is 0.182. The fourth-order valence-corrected chi connectivity index (χ4v) is 2.20. The van der Waals surface area contributed by atoms with E-state index in [1.54, 1.807) is 0 Å². The third-order valence-electron chi connectivity index (χ3n) is 2.80. The normalized spacial score (nSPS) is 20.0. The highest BCUT2D eigenvalue weighted by molar-refractivity contribution is 6.18. The van der Waals surface area contributed by atoms with Crippen molar-refractivity contribution in [2.24, 2.45) is 0 Å². The van der Waals surface area contributed by atoms with E-state index in [4.69, 9.17) is 21.1 Å². The molecule has 17 heavy (non-hydrogen) atoms. The molecule has 0 bridgehead atoms. The second-order valence-electron chi connectivity index (χ2n) is 4.19. The van der Waals surface area contributed by atoms with E-state index in [0.717, 1.165) is 19.6 Å². The molecule has 3 nitrogen and oxygen atoms in total. The monoisotopic (exact) mass is 255 g/mol. The molecular formula is C13H18ClNO2. The quantitative estimate of drug-likeness (QED) is 0.727. The maximum Gasteiger partial charge on any atom is 0.147 e. The van der Waals surface area contributed by atoms with Crippen LogP contribution >= 0.6 is 11.6 Å². The number of hydrogen-bond acceptors (Lipinski definition) is 3. The first-order valence-corrected chi connectivity index (χ1v) is 6.43. The van der Waals surface area contributed by atoms with Gasteiger partial charge in [-0.2, -0.15) is 0 Å². The lowest BCUT2D eigenvalue weighted by atomic mass is 10.2. The summed E-state index contributed by atoms with van der Waals surface area (Å²) in [6.45, 7) is 3.77. The van der Waals surface area contributed by atoms with E-state index in [9.17, 15) is 0 Å². The Morgan fingerprint density at radius 3 is 2.76 bits per heavy atom. The average Bonchev–Trinajstić information content (AvgIpc) is 2.83. The van der Waals surface area contributed by atoms with E-state index < -0.39 is 0 Å². The summed E-state index contributed by atoms with van der Waals surface area (Å²) in [5.41, 5.74) is 1.30. The number of halogens is 1. The van der Waals surface area contributed by atoms with Crippen molar-refractivity contribution < 1.29 is 9.47 Å². The molecule has 1 aromatic carbocycles. The van der Waals surface area contributed by atoms with E-state index in [1.165, 1.54) is 5.56 Å². The van der Waals surface area contributed by atoms with Gasteiger partial charge in [-0.15, -0.1) is 11.6 Å². The molecule has 1 fully saturated rings. The average molecular weight is 256 g/mol. The molecule has 4 heteroatoms. The molecule has 0 aliphatic carbocycles. The lowest BCUT2D eigenvalue weighted by Gasteiger charge is -2.23. The molecule has 0 N–H and O–H groups in total. The van der Waals surface area contributed by atoms with Crippen molar-refractivity contribution in [1.82, 2.24) is 4.90 Å². The molecule has 0 spiro atoms. The van der Waals surface area contributed by atoms with Gasteiger partial charge in [0.05, 0.1) is 12.7 Å². The summed E-state index contributed by atoms with van der Waals surface area (Å²) in [5.74, 6) is 0.639. The van der Waals surface area contributed by atoms with Gasteiger partial charge in [0.15, 0.2) is 0 Å². The molecule has 1 heterocycles. The van der Waals surface area contributed by atoms with Gasteiger partial charge in [0, 0.05) is 25.5 Å². The van der Waals surface area contributed by atoms with Gasteiger partial charge >= 0.3 is 0 Å². The molecule has 0 amide bonds. The van der Waals surface area contributed by atoms with Crippen molar-refractivity contribution in [2.45, 2.75) is 12.6 Å². The molecule has 1 atom stereocenters. The lowest BCUT2D eigenvalue weighted by Crippen LogP contribution is -2.34. The van der Waals surface area contributed by atoms with E-state index >= 15 is 0 Å². The van der Waals surface area contributed by atoms with Gasteiger partial charge < -0.3 is 9.47 Å². The topological polar surface area (TPSA) is 21.7 Å². The predicted molar refractivity (Wildman–Crippen MR) is 68.1 cm³/mol. The third-order valence-corrected chi connectivity index (χ3v) is 2.97. The summed E-state index contributed by atoms with van der Waals surface area (Å²) < 4.78 is 10.7. The maximum atomic E-state index is 5.83. The van der Waals surface area contributed by atoms with Gasteiger partial charge in [-0.3, -0.25) is 4.90 Å². The number of ether oxygens (including phenoxy) is 2. The number of rotatable bonds is 6. The highest BCUT2D eigenvalue weighted by Gasteiger charge is 2.19. The van der Waals surface area contributed by atoms with Crippen LogP contribution in [-0.2, 0) is 16.0 Å². The molecule has 1 aliphatic heterocycles. The van der Waals surface area contributed by atoms with Crippen molar-refractivity contribution in [3.05, 3.63) is 35.9 Å². The highest BCUT2D eigenvalue weighted by atomic mass is 35.5. The molecule has 1 aromatic rings. The Bertz CT molecular complexity index is 314. The molecule has 0 saturated carbocycles. The Hall–Kier alpha value is -0.610. The van der Waals surface area contributed by atoms with E-state index in [0.29, 0.717) is 19.3 Å². The predicted octanol–water partition coefficient (Wildman–Crippen LogP) is 2.10. The first kappa shape index (κ1) is 12.8. The van der Waals surface area contributed by atoms with Crippen LogP contribution < -0.4 is 0 Å². The second-order valence-corrected chi connectivity index (χ2v) is 4.56. The van der Waals surface area contributed by atoms with Crippen LogP contribution in [0.1, 0.15) is 5.56 Å². The van der Waals surface area contributed by atoms with Crippen molar-refractivity contribution in [3.63, 3.8) is 0 Å². The molecule has 1 unspecified atom stereocenters. The van der Waals surface area contributed by atoms with Crippen LogP contribution in [0.3, 0.4) is 0 Å². The molecule has 0 aromatic heterocycles. The summed E-state index contributed by atoms with van der Waals surface area (Å²) >= 11 is 5.83. The Morgan fingerprint density at radius 2 is 2.12 bits per heavy atom. The van der Waals surface area contributed by atoms with Crippen molar-refractivity contribution in [2.75, 3.05) is 32.4 Å². The SMILES string of the molecule is ClCCN(Cc1ccccc1)CC1COCO1. The van der Waals surface area contributed by atoms with Gasteiger partial charge in [0.25, 0.3) is 0 Å². The lowest BCUT2D eigenvalue weighted by molar-refractivity contribution is 0.0347. The molecule has 2 rings (SSSR count). The van der Waals surface area contributed by atoms with Crippen molar-refractivity contribution >= 4 is 11.6 Å². The van der Waals surface area contributed by atoms with Crippen LogP contribution in [0.2, 0.25) is 0 Å². The third kappa shape index (κ3) is 4.28. The van der Waals surface area contributed by atoms with Crippen molar-refractivity contribution in [1.29, 1.82) is 0 Å². The zero-order chi connectivity index (χ0) is 11.9. The summed E-state index contributed by atoms with van der Waals surface area (Å²) in [6.07, 6.45) is 0.182. The van der Waals surface area contributed by atoms with E-state index in [2.05, 4.69) is 29.2 Å². The van der Waals surface area contributed by atoms with Gasteiger partial charge in [-0.25, -0.2) is 0 Å². The van der Waals surface area contributed by atoms with E-state index in [1.807, 2.05) is 6.07 Å². The number of nitrogens with zero attached hydrogens (tertiary/aromatic N) is 1. The molecule has 1 saturated heterocycles. The minimum atomic E-state index is 0.182. The minimum Gasteiger partial charge on any atom is -0.353 e. The Balaban J connectivity index is 1.87. The first-order valence-electron chi connectivity index (χ1n) is 5.90. The van der Waals surface area contributed by atoms with Crippen LogP contribution in [-0.4, -0.2) is 43.4 Å². The van der Waals surface area contributed by atoms with E-state index in [-0.39, 0.29) is 6.10 Å². The maximum absolute atomic E-state index is 5.83. The largest absolute Gasteiger partial charge is 0.353 e. The molecule has 1 aliphatic rings. The number of hydrogen-bond donors (Lipinski definition) is 0. The van der Waals surface area contributed by atoms with Gasteiger partial charge in [-0.05, 0) is 5.56 Å². The van der Waals surface area contributed by atoms with Gasteiger partial charge in [-0.1, -0.05) is 30.3 Å². The fraction of sp³-hybridized carbons (Fsp3) is 0.538. The molecule has 0 radical (unpaired) electrons. The summed E-state index contributed by atoms with van der Waals surface area (Å²) in [4.78, 5) is 2.31. The second kappa shape index (κ2) is 6.97. The van der Waals surface area contributed by atoms with Gasteiger partial charge in [0.2, 0.25) is 0 Å². The summed E-state index contributed by atoms with van der Waals surface area (Å²) in [6, 6.07) is 10.4. The summed E-state index contributed by atoms with van der Waals surface area (Å²) in [5, 5.41) is 0. The van der Waals surface area contributed by atoms with Crippen molar-refractivity contribution in [3.8, 4) is 0 Å². The Labute approximate surface area is 107 Å². The molecular weight excluding hydrogens is 238 g/mol. The zero-order valence-electron chi connectivity index (χ0n) is 9.85.